The summed E-state index contributed by atoms with van der Waals surface area (Å²) < 4.78 is 5.15. The Morgan fingerprint density at radius 2 is 2.18 bits per heavy atom. The molecule has 0 bridgehead atoms. The van der Waals surface area contributed by atoms with Gasteiger partial charge in [0.15, 0.2) is 0 Å². The van der Waals surface area contributed by atoms with Crippen LogP contribution in [0.2, 0.25) is 0 Å². The van der Waals surface area contributed by atoms with Crippen molar-refractivity contribution in [3.8, 4) is 0 Å². The second-order valence-corrected chi connectivity index (χ2v) is 4.43. The highest BCUT2D eigenvalue weighted by molar-refractivity contribution is 8.00. The van der Waals surface area contributed by atoms with Crippen LogP contribution in [-0.4, -0.2) is 16.6 Å². The van der Waals surface area contributed by atoms with Crippen molar-refractivity contribution >= 4 is 23.4 Å². The van der Waals surface area contributed by atoms with Gasteiger partial charge in [0.25, 0.3) is 0 Å². The molecule has 0 aromatic carbocycles. The Kier molecular flexibility index (Phi) is 3.82. The van der Waals surface area contributed by atoms with Crippen LogP contribution >= 0.6 is 11.8 Å². The van der Waals surface area contributed by atoms with Gasteiger partial charge in [-0.1, -0.05) is 0 Å². The van der Waals surface area contributed by atoms with Gasteiger partial charge in [-0.25, -0.2) is 0 Å². The maximum absolute atomic E-state index is 11.6. The number of carbonyl (C=O) groups excluding carboxylic acids is 1. The lowest BCUT2D eigenvalue weighted by atomic mass is 10.4. The van der Waals surface area contributed by atoms with Crippen molar-refractivity contribution in [2.75, 3.05) is 11.1 Å². The van der Waals surface area contributed by atoms with Crippen LogP contribution in [0.3, 0.4) is 0 Å². The summed E-state index contributed by atoms with van der Waals surface area (Å²) >= 11 is 1.46. The lowest BCUT2D eigenvalue weighted by Gasteiger charge is -2.03. The van der Waals surface area contributed by atoms with Crippen LogP contribution in [0.1, 0.15) is 5.76 Å². The standard InChI is InChI=1S/C12H12N2O2S/c1-9-11(4-7-16-9)17-8-12(15)14-10-2-5-13-6-3-10/h2-7H,8H2,1H3,(H,13,14,15). The van der Waals surface area contributed by atoms with E-state index in [4.69, 9.17) is 4.42 Å². The van der Waals surface area contributed by atoms with Crippen LogP contribution < -0.4 is 5.32 Å². The summed E-state index contributed by atoms with van der Waals surface area (Å²) in [6.45, 7) is 1.88. The lowest BCUT2D eigenvalue weighted by molar-refractivity contribution is -0.113. The quantitative estimate of drug-likeness (QED) is 0.845. The molecule has 2 aromatic rings. The SMILES string of the molecule is Cc1occc1SCC(=O)Nc1ccncc1. The summed E-state index contributed by atoms with van der Waals surface area (Å²) in [5.74, 6) is 1.16. The van der Waals surface area contributed by atoms with Crippen LogP contribution in [0.5, 0.6) is 0 Å². The molecule has 0 aliphatic carbocycles. The summed E-state index contributed by atoms with van der Waals surface area (Å²) in [5.41, 5.74) is 0.759. The third-order valence-electron chi connectivity index (χ3n) is 2.13. The molecule has 0 saturated carbocycles. The topological polar surface area (TPSA) is 55.1 Å². The molecule has 88 valence electrons. The van der Waals surface area contributed by atoms with E-state index in [9.17, 15) is 4.79 Å². The van der Waals surface area contributed by atoms with Crippen molar-refractivity contribution in [1.82, 2.24) is 4.98 Å². The summed E-state index contributed by atoms with van der Waals surface area (Å²) in [7, 11) is 0. The van der Waals surface area contributed by atoms with E-state index in [0.717, 1.165) is 16.3 Å². The maximum atomic E-state index is 11.6. The molecule has 17 heavy (non-hydrogen) atoms. The van der Waals surface area contributed by atoms with Crippen molar-refractivity contribution in [1.29, 1.82) is 0 Å². The Bertz CT molecular complexity index is 496. The molecule has 0 spiro atoms. The van der Waals surface area contributed by atoms with Gasteiger partial charge < -0.3 is 9.73 Å². The molecule has 2 aromatic heterocycles. The minimum atomic E-state index is -0.0400. The first kappa shape index (κ1) is 11.7. The molecule has 0 atom stereocenters. The first-order chi connectivity index (χ1) is 8.25. The Morgan fingerprint density at radius 3 is 2.82 bits per heavy atom. The van der Waals surface area contributed by atoms with Gasteiger partial charge in [-0.05, 0) is 25.1 Å². The zero-order valence-electron chi connectivity index (χ0n) is 9.34. The fourth-order valence-electron chi connectivity index (χ4n) is 1.30. The van der Waals surface area contributed by atoms with Crippen LogP contribution in [0.4, 0.5) is 5.69 Å². The van der Waals surface area contributed by atoms with Crippen molar-refractivity contribution in [2.24, 2.45) is 0 Å². The maximum Gasteiger partial charge on any atom is 0.234 e. The second kappa shape index (κ2) is 5.54. The van der Waals surface area contributed by atoms with Gasteiger partial charge in [-0.2, -0.15) is 0 Å². The van der Waals surface area contributed by atoms with Crippen LogP contribution in [0.15, 0.2) is 46.2 Å². The van der Waals surface area contributed by atoms with Crippen molar-refractivity contribution in [2.45, 2.75) is 11.8 Å². The average Bonchev–Trinajstić information content (AvgIpc) is 2.74. The normalized spacial score (nSPS) is 10.2. The second-order valence-electron chi connectivity index (χ2n) is 3.41. The van der Waals surface area contributed by atoms with Crippen LogP contribution in [0.25, 0.3) is 0 Å². The number of furan rings is 1. The summed E-state index contributed by atoms with van der Waals surface area (Å²) in [6.07, 6.45) is 4.91. The first-order valence-corrected chi connectivity index (χ1v) is 6.11. The van der Waals surface area contributed by atoms with Gasteiger partial charge in [0.05, 0.1) is 12.0 Å². The number of rotatable bonds is 4. The Hall–Kier alpha value is -1.75. The zero-order valence-corrected chi connectivity index (χ0v) is 10.2. The molecule has 2 heterocycles. The van der Waals surface area contributed by atoms with Gasteiger partial charge in [0.2, 0.25) is 5.91 Å². The molecule has 1 amide bonds. The van der Waals surface area contributed by atoms with E-state index in [-0.39, 0.29) is 5.91 Å². The smallest absolute Gasteiger partial charge is 0.234 e. The third kappa shape index (κ3) is 3.35. The van der Waals surface area contributed by atoms with E-state index in [1.165, 1.54) is 11.8 Å². The molecule has 5 heteroatoms. The number of thioether (sulfide) groups is 1. The monoisotopic (exact) mass is 248 g/mol. The third-order valence-corrected chi connectivity index (χ3v) is 3.28. The predicted octanol–water partition coefficient (Wildman–Crippen LogP) is 2.71. The summed E-state index contributed by atoms with van der Waals surface area (Å²) in [6, 6.07) is 5.37. The van der Waals surface area contributed by atoms with E-state index in [0.29, 0.717) is 5.75 Å². The van der Waals surface area contributed by atoms with E-state index in [1.54, 1.807) is 30.8 Å². The zero-order chi connectivity index (χ0) is 12.1. The number of pyridine rings is 1. The van der Waals surface area contributed by atoms with Crippen LogP contribution in [0, 0.1) is 6.92 Å². The molecule has 4 nitrogen and oxygen atoms in total. The molecule has 0 saturated heterocycles. The Morgan fingerprint density at radius 1 is 1.41 bits per heavy atom. The molecule has 0 unspecified atom stereocenters. The number of aromatic nitrogens is 1. The van der Waals surface area contributed by atoms with Crippen molar-refractivity contribution < 1.29 is 9.21 Å². The molecule has 2 rings (SSSR count). The minimum Gasteiger partial charge on any atom is -0.468 e. The highest BCUT2D eigenvalue weighted by atomic mass is 32.2. The molecule has 0 fully saturated rings. The Labute approximate surface area is 103 Å². The number of nitrogens with one attached hydrogen (secondary N) is 1. The molecule has 0 radical (unpaired) electrons. The molecular weight excluding hydrogens is 236 g/mol. The summed E-state index contributed by atoms with van der Waals surface area (Å²) in [5, 5.41) is 2.79. The largest absolute Gasteiger partial charge is 0.468 e. The fourth-order valence-corrected chi connectivity index (χ4v) is 2.06. The highest BCUT2D eigenvalue weighted by Crippen LogP contribution is 2.22. The minimum absolute atomic E-state index is 0.0400. The van der Waals surface area contributed by atoms with Crippen molar-refractivity contribution in [3.05, 3.63) is 42.6 Å². The number of hydrogen-bond donors (Lipinski definition) is 1. The highest BCUT2D eigenvalue weighted by Gasteiger charge is 2.06. The van der Waals surface area contributed by atoms with E-state index in [1.807, 2.05) is 13.0 Å². The van der Waals surface area contributed by atoms with Gasteiger partial charge in [-0.15, -0.1) is 11.8 Å². The average molecular weight is 248 g/mol. The summed E-state index contributed by atoms with van der Waals surface area (Å²) in [4.78, 5) is 16.5. The van der Waals surface area contributed by atoms with E-state index in [2.05, 4.69) is 10.3 Å². The molecule has 0 aliphatic rings. The van der Waals surface area contributed by atoms with Crippen LogP contribution in [-0.2, 0) is 4.79 Å². The number of anilines is 1. The lowest BCUT2D eigenvalue weighted by Crippen LogP contribution is -2.13. The molecule has 0 aliphatic heterocycles. The number of carbonyl (C=O) groups is 1. The number of amides is 1. The van der Waals surface area contributed by atoms with Crippen molar-refractivity contribution in [3.63, 3.8) is 0 Å². The fraction of sp³-hybridized carbons (Fsp3) is 0.167. The van der Waals surface area contributed by atoms with E-state index >= 15 is 0 Å². The van der Waals surface area contributed by atoms with Gasteiger partial charge in [0, 0.05) is 23.0 Å². The molecule has 1 N–H and O–H groups in total. The predicted molar refractivity (Wildman–Crippen MR) is 67.0 cm³/mol. The van der Waals surface area contributed by atoms with Gasteiger partial charge >= 0.3 is 0 Å². The first-order valence-electron chi connectivity index (χ1n) is 5.12. The van der Waals surface area contributed by atoms with Gasteiger partial charge in [0.1, 0.15) is 5.76 Å². The Balaban J connectivity index is 1.84. The number of aryl methyl sites for hydroxylation is 1. The number of hydrogen-bond acceptors (Lipinski definition) is 4. The van der Waals surface area contributed by atoms with Gasteiger partial charge in [-0.3, -0.25) is 9.78 Å². The molecular formula is C12H12N2O2S. The number of nitrogens with zero attached hydrogens (tertiary/aromatic N) is 1. The van der Waals surface area contributed by atoms with E-state index < -0.39 is 0 Å².